The van der Waals surface area contributed by atoms with Gasteiger partial charge in [0, 0.05) is 6.07 Å². The van der Waals surface area contributed by atoms with E-state index in [-0.39, 0.29) is 16.9 Å². The molecule has 0 spiro atoms. The van der Waals surface area contributed by atoms with Gasteiger partial charge in [0.1, 0.15) is 6.61 Å². The van der Waals surface area contributed by atoms with Gasteiger partial charge in [-0.25, -0.2) is 4.98 Å². The highest BCUT2D eigenvalue weighted by molar-refractivity contribution is 5.81. The zero-order valence-electron chi connectivity index (χ0n) is 19.9. The number of aromatic nitrogens is 2. The van der Waals surface area contributed by atoms with Gasteiger partial charge in [0.05, 0.1) is 35.9 Å². The van der Waals surface area contributed by atoms with Crippen LogP contribution in [-0.4, -0.2) is 29.2 Å². The molecule has 7 nitrogen and oxygen atoms in total. The molecule has 33 heavy (non-hydrogen) atoms. The smallest absolute Gasteiger partial charge is 0.311 e. The second-order valence-corrected chi connectivity index (χ2v) is 9.56. The van der Waals surface area contributed by atoms with Crippen molar-refractivity contribution in [3.8, 4) is 11.5 Å². The Kier molecular flexibility index (Phi) is 7.41. The van der Waals surface area contributed by atoms with Crippen LogP contribution in [-0.2, 0) is 16.1 Å². The highest BCUT2D eigenvalue weighted by atomic mass is 16.5. The fraction of sp³-hybridized carbons (Fsp3) is 0.423. The van der Waals surface area contributed by atoms with E-state index >= 15 is 0 Å². The molecule has 3 rings (SSSR count). The summed E-state index contributed by atoms with van der Waals surface area (Å²) in [5.74, 6) is 0.733. The lowest BCUT2D eigenvalue weighted by Gasteiger charge is -2.33. The Hall–Kier alpha value is -3.35. The summed E-state index contributed by atoms with van der Waals surface area (Å²) >= 11 is 0. The van der Waals surface area contributed by atoms with Gasteiger partial charge in [-0.15, -0.1) is 0 Å². The van der Waals surface area contributed by atoms with Gasteiger partial charge >= 0.3 is 5.97 Å². The van der Waals surface area contributed by atoms with Crippen molar-refractivity contribution in [2.45, 2.75) is 47.6 Å². The average Bonchev–Trinajstić information content (AvgIpc) is 2.76. The van der Waals surface area contributed by atoms with E-state index in [1.807, 2.05) is 58.0 Å². The first-order valence-corrected chi connectivity index (χ1v) is 11.1. The maximum Gasteiger partial charge on any atom is 0.311 e. The molecule has 0 bridgehead atoms. The summed E-state index contributed by atoms with van der Waals surface area (Å²) < 4.78 is 17.5. The highest BCUT2D eigenvalue weighted by Crippen LogP contribution is 2.37. The molecule has 0 aliphatic heterocycles. The molecular weight excluding hydrogens is 420 g/mol. The number of H-pyrrole nitrogens is 1. The topological polar surface area (TPSA) is 90.5 Å². The van der Waals surface area contributed by atoms with Crippen molar-refractivity contribution in [2.24, 2.45) is 10.8 Å². The number of hydrogen-bond donors (Lipinski definition) is 1. The molecule has 0 radical (unpaired) electrons. The molecule has 0 fully saturated rings. The van der Waals surface area contributed by atoms with Gasteiger partial charge in [-0.05, 0) is 44.2 Å². The van der Waals surface area contributed by atoms with Crippen molar-refractivity contribution in [3.63, 3.8) is 0 Å². The van der Waals surface area contributed by atoms with Crippen molar-refractivity contribution in [3.05, 3.63) is 64.7 Å². The second-order valence-electron chi connectivity index (χ2n) is 9.56. The molecule has 7 heteroatoms. The monoisotopic (exact) mass is 452 g/mol. The Bertz CT molecular complexity index is 1150. The van der Waals surface area contributed by atoms with Crippen LogP contribution < -0.4 is 15.0 Å². The number of fused-ring (bicyclic) bond motifs is 1. The predicted octanol–water partition coefficient (Wildman–Crippen LogP) is 4.89. The molecule has 0 aliphatic rings. The Labute approximate surface area is 194 Å². The van der Waals surface area contributed by atoms with Gasteiger partial charge < -0.3 is 19.2 Å². The Balaban J connectivity index is 1.83. The van der Waals surface area contributed by atoms with Crippen LogP contribution in [0.15, 0.2) is 53.6 Å². The molecule has 1 N–H and O–H groups in total. The minimum absolute atomic E-state index is 0.228. The third kappa shape index (κ3) is 6.34. The van der Waals surface area contributed by atoms with Crippen LogP contribution in [0.2, 0.25) is 0 Å². The summed E-state index contributed by atoms with van der Waals surface area (Å²) in [4.78, 5) is 31.5. The number of aromatic amines is 1. The van der Waals surface area contributed by atoms with Gasteiger partial charge in [-0.2, -0.15) is 0 Å². The minimum Gasteiger partial charge on any atom is -0.489 e. The molecule has 0 unspecified atom stereocenters. The molecule has 0 saturated heterocycles. The summed E-state index contributed by atoms with van der Waals surface area (Å²) in [5.41, 5.74) is 0.293. The number of esters is 1. The summed E-state index contributed by atoms with van der Waals surface area (Å²) in [5, 5.41) is 0.421. The lowest BCUT2D eigenvalue weighted by Crippen LogP contribution is -2.35. The molecule has 0 saturated carbocycles. The molecule has 1 heterocycles. The Morgan fingerprint density at radius 3 is 2.42 bits per heavy atom. The van der Waals surface area contributed by atoms with Crippen LogP contribution in [0.4, 0.5) is 0 Å². The fourth-order valence-electron chi connectivity index (χ4n) is 3.96. The van der Waals surface area contributed by atoms with Crippen molar-refractivity contribution in [1.82, 2.24) is 9.97 Å². The van der Waals surface area contributed by atoms with E-state index in [0.29, 0.717) is 48.6 Å². The number of carbonyl (C=O) groups is 1. The van der Waals surface area contributed by atoms with Crippen LogP contribution in [0.1, 0.15) is 46.6 Å². The van der Waals surface area contributed by atoms with Crippen LogP contribution in [0.3, 0.4) is 0 Å². The van der Waals surface area contributed by atoms with Gasteiger partial charge in [0.25, 0.3) is 5.56 Å². The van der Waals surface area contributed by atoms with Crippen molar-refractivity contribution < 1.29 is 19.0 Å². The number of rotatable bonds is 10. The molecule has 0 atom stereocenters. The molecule has 0 aliphatic carbocycles. The van der Waals surface area contributed by atoms with Crippen LogP contribution in [0, 0.1) is 10.8 Å². The first kappa shape index (κ1) is 24.3. The van der Waals surface area contributed by atoms with Crippen LogP contribution >= 0.6 is 0 Å². The summed E-state index contributed by atoms with van der Waals surface area (Å²) in [6, 6.07) is 13.2. The van der Waals surface area contributed by atoms with Gasteiger partial charge in [0.2, 0.25) is 0 Å². The largest absolute Gasteiger partial charge is 0.489 e. The predicted molar refractivity (Wildman–Crippen MR) is 127 cm³/mol. The molecular formula is C26H32N2O5. The fourth-order valence-corrected chi connectivity index (χ4v) is 3.96. The maximum atomic E-state index is 12.3. The normalized spacial score (nSPS) is 11.9. The first-order valence-electron chi connectivity index (χ1n) is 11.1. The zero-order valence-corrected chi connectivity index (χ0v) is 19.9. The maximum absolute atomic E-state index is 12.3. The number of benzene rings is 2. The van der Waals surface area contributed by atoms with E-state index in [1.54, 1.807) is 19.1 Å². The summed E-state index contributed by atoms with van der Waals surface area (Å²) in [6.07, 6.45) is 1.93. The number of hydrogen-bond acceptors (Lipinski definition) is 6. The summed E-state index contributed by atoms with van der Waals surface area (Å²) in [6.45, 7) is 10.6. The summed E-state index contributed by atoms with van der Waals surface area (Å²) in [7, 11) is 0. The van der Waals surface area contributed by atoms with Crippen molar-refractivity contribution in [1.29, 1.82) is 0 Å². The van der Waals surface area contributed by atoms with Crippen LogP contribution in [0.5, 0.6) is 11.5 Å². The molecule has 1 aromatic heterocycles. The number of nitrogens with zero attached hydrogens (tertiary/aromatic N) is 1. The van der Waals surface area contributed by atoms with E-state index in [0.717, 1.165) is 5.56 Å². The minimum atomic E-state index is -0.653. The lowest BCUT2D eigenvalue weighted by atomic mass is 9.75. The average molecular weight is 453 g/mol. The van der Waals surface area contributed by atoms with Crippen LogP contribution in [0.25, 0.3) is 10.9 Å². The van der Waals surface area contributed by atoms with E-state index in [1.165, 1.54) is 6.33 Å². The highest BCUT2D eigenvalue weighted by Gasteiger charge is 2.36. The van der Waals surface area contributed by atoms with Crippen molar-refractivity contribution in [2.75, 3.05) is 13.2 Å². The molecule has 0 amide bonds. The molecule has 176 valence electrons. The Morgan fingerprint density at radius 2 is 1.73 bits per heavy atom. The molecule has 2 aromatic carbocycles. The zero-order chi connectivity index (χ0) is 24.1. The Morgan fingerprint density at radius 1 is 1.03 bits per heavy atom. The lowest BCUT2D eigenvalue weighted by molar-refractivity contribution is -0.155. The van der Waals surface area contributed by atoms with Gasteiger partial charge in [-0.1, -0.05) is 44.2 Å². The SMILES string of the molecule is CCOC(=O)C(C)(C)CC(C)(C)COc1cc2c(=O)[nH]cnc2cc1OCc1ccccc1. The van der Waals surface area contributed by atoms with E-state index < -0.39 is 5.41 Å². The van der Waals surface area contributed by atoms with E-state index in [4.69, 9.17) is 14.2 Å². The third-order valence-electron chi connectivity index (χ3n) is 5.31. The van der Waals surface area contributed by atoms with Gasteiger partial charge in [0.15, 0.2) is 11.5 Å². The van der Waals surface area contributed by atoms with Gasteiger partial charge in [-0.3, -0.25) is 9.59 Å². The number of carbonyl (C=O) groups excluding carboxylic acids is 1. The number of ether oxygens (including phenoxy) is 3. The second kappa shape index (κ2) is 10.1. The standard InChI is InChI=1S/C26H32N2O5/c1-6-31-24(30)26(4,5)15-25(2,3)16-33-21-12-19-20(27-17-28-23(19)29)13-22(21)32-14-18-10-8-7-9-11-18/h7-13,17H,6,14-16H2,1-5H3,(H,27,28,29). The van der Waals surface area contributed by atoms with E-state index in [9.17, 15) is 9.59 Å². The van der Waals surface area contributed by atoms with E-state index in [2.05, 4.69) is 9.97 Å². The third-order valence-corrected chi connectivity index (χ3v) is 5.31. The van der Waals surface area contributed by atoms with Crippen molar-refractivity contribution >= 4 is 16.9 Å². The number of nitrogens with one attached hydrogen (secondary N) is 1. The first-order chi connectivity index (χ1) is 15.6. The quantitative estimate of drug-likeness (QED) is 0.441. The molecule has 3 aromatic rings.